The van der Waals surface area contributed by atoms with E-state index in [9.17, 15) is 5.11 Å². The van der Waals surface area contributed by atoms with Crippen molar-refractivity contribution in [3.63, 3.8) is 0 Å². The summed E-state index contributed by atoms with van der Waals surface area (Å²) in [6.45, 7) is 0. The number of fused-ring (bicyclic) bond motifs is 1. The van der Waals surface area contributed by atoms with Gasteiger partial charge in [-0.15, -0.1) is 0 Å². The number of hydrogen-bond donors (Lipinski definition) is 1. The average Bonchev–Trinajstić information content (AvgIpc) is 2.84. The van der Waals surface area contributed by atoms with Crippen LogP contribution in [0.2, 0.25) is 0 Å². The van der Waals surface area contributed by atoms with Crippen LogP contribution in [0.5, 0.6) is 17.2 Å². The van der Waals surface area contributed by atoms with Crippen molar-refractivity contribution in [1.29, 1.82) is 0 Å². The van der Waals surface area contributed by atoms with E-state index in [-0.39, 0.29) is 6.10 Å². The van der Waals surface area contributed by atoms with E-state index in [4.69, 9.17) is 14.2 Å². The number of aliphatic hydroxyl groups is 1. The Labute approximate surface area is 123 Å². The molecule has 0 spiro atoms. The molecule has 4 heteroatoms. The smallest absolute Gasteiger partial charge is 0.133 e. The van der Waals surface area contributed by atoms with Crippen LogP contribution < -0.4 is 14.2 Å². The molecule has 0 radical (unpaired) electrons. The Hall–Kier alpha value is -2.20. The Morgan fingerprint density at radius 2 is 1.52 bits per heavy atom. The lowest BCUT2D eigenvalue weighted by atomic mass is 10.1. The van der Waals surface area contributed by atoms with Crippen LogP contribution in [0.4, 0.5) is 0 Å². The van der Waals surface area contributed by atoms with Gasteiger partial charge in [-0.1, -0.05) is 6.07 Å². The zero-order chi connectivity index (χ0) is 14.8. The van der Waals surface area contributed by atoms with Gasteiger partial charge in [0.1, 0.15) is 29.5 Å². The summed E-state index contributed by atoms with van der Waals surface area (Å²) in [6, 6.07) is 13.1. The van der Waals surface area contributed by atoms with Gasteiger partial charge in [-0.05, 0) is 47.5 Å². The van der Waals surface area contributed by atoms with E-state index in [1.165, 1.54) is 0 Å². The van der Waals surface area contributed by atoms with Crippen LogP contribution in [0.25, 0.3) is 0 Å². The second-order valence-corrected chi connectivity index (χ2v) is 5.05. The molecule has 1 aliphatic rings. The SMILES string of the molecule is COc1ccc(OC2Cc3ccc(OC)cc3C2O)cc1. The molecule has 21 heavy (non-hydrogen) atoms. The molecule has 0 saturated carbocycles. The molecule has 2 aromatic carbocycles. The normalized spacial score (nSPS) is 20.0. The van der Waals surface area contributed by atoms with Gasteiger partial charge >= 0.3 is 0 Å². The highest BCUT2D eigenvalue weighted by Crippen LogP contribution is 2.36. The maximum atomic E-state index is 10.4. The molecule has 110 valence electrons. The number of benzene rings is 2. The second-order valence-electron chi connectivity index (χ2n) is 5.05. The third-order valence-electron chi connectivity index (χ3n) is 3.79. The molecule has 0 saturated heterocycles. The second kappa shape index (κ2) is 5.66. The van der Waals surface area contributed by atoms with Crippen molar-refractivity contribution in [2.24, 2.45) is 0 Å². The van der Waals surface area contributed by atoms with Crippen molar-refractivity contribution >= 4 is 0 Å². The molecule has 2 atom stereocenters. The van der Waals surface area contributed by atoms with Gasteiger partial charge in [0, 0.05) is 6.42 Å². The zero-order valence-corrected chi connectivity index (χ0v) is 12.1. The maximum absolute atomic E-state index is 10.4. The summed E-state index contributed by atoms with van der Waals surface area (Å²) in [6.07, 6.45) is -0.232. The molecule has 1 aliphatic carbocycles. The van der Waals surface area contributed by atoms with Crippen LogP contribution in [0, 0.1) is 0 Å². The van der Waals surface area contributed by atoms with Crippen LogP contribution >= 0.6 is 0 Å². The monoisotopic (exact) mass is 286 g/mol. The quantitative estimate of drug-likeness (QED) is 0.939. The maximum Gasteiger partial charge on any atom is 0.133 e. The van der Waals surface area contributed by atoms with E-state index in [0.717, 1.165) is 28.4 Å². The molecule has 0 aliphatic heterocycles. The molecule has 4 nitrogen and oxygen atoms in total. The van der Waals surface area contributed by atoms with E-state index < -0.39 is 6.10 Å². The van der Waals surface area contributed by atoms with Gasteiger partial charge in [-0.25, -0.2) is 0 Å². The number of methoxy groups -OCH3 is 2. The fourth-order valence-electron chi connectivity index (χ4n) is 2.63. The Morgan fingerprint density at radius 3 is 2.19 bits per heavy atom. The lowest BCUT2D eigenvalue weighted by Gasteiger charge is -2.17. The Kier molecular flexibility index (Phi) is 3.71. The minimum atomic E-state index is -0.641. The Balaban J connectivity index is 1.76. The molecular formula is C17H18O4. The highest BCUT2D eigenvalue weighted by Gasteiger charge is 2.33. The summed E-state index contributed by atoms with van der Waals surface area (Å²) in [5.74, 6) is 2.25. The van der Waals surface area contributed by atoms with Gasteiger partial charge in [0.25, 0.3) is 0 Å². The molecule has 0 aromatic heterocycles. The molecule has 0 heterocycles. The van der Waals surface area contributed by atoms with Gasteiger partial charge in [0.15, 0.2) is 0 Å². The summed E-state index contributed by atoms with van der Waals surface area (Å²) < 4.78 is 16.2. The third-order valence-corrected chi connectivity index (χ3v) is 3.79. The third kappa shape index (κ3) is 2.67. The lowest BCUT2D eigenvalue weighted by Crippen LogP contribution is -2.21. The summed E-state index contributed by atoms with van der Waals surface area (Å²) in [4.78, 5) is 0. The fraction of sp³-hybridized carbons (Fsp3) is 0.294. The van der Waals surface area contributed by atoms with Crippen molar-refractivity contribution in [2.75, 3.05) is 14.2 Å². The van der Waals surface area contributed by atoms with Gasteiger partial charge in [0.05, 0.1) is 14.2 Å². The van der Waals surface area contributed by atoms with Crippen LogP contribution in [0.15, 0.2) is 42.5 Å². The Morgan fingerprint density at radius 1 is 0.905 bits per heavy atom. The van der Waals surface area contributed by atoms with E-state index in [0.29, 0.717) is 6.42 Å². The van der Waals surface area contributed by atoms with Crippen molar-refractivity contribution in [2.45, 2.75) is 18.6 Å². The first-order valence-corrected chi connectivity index (χ1v) is 6.87. The molecule has 0 fully saturated rings. The predicted molar refractivity (Wildman–Crippen MR) is 79.1 cm³/mol. The number of rotatable bonds is 4. The molecule has 2 aromatic rings. The van der Waals surface area contributed by atoms with E-state index in [1.54, 1.807) is 14.2 Å². The average molecular weight is 286 g/mol. The van der Waals surface area contributed by atoms with Gasteiger partial charge in [0.2, 0.25) is 0 Å². The number of hydrogen-bond acceptors (Lipinski definition) is 4. The van der Waals surface area contributed by atoms with Crippen molar-refractivity contribution in [1.82, 2.24) is 0 Å². The molecule has 1 N–H and O–H groups in total. The van der Waals surface area contributed by atoms with Crippen molar-refractivity contribution < 1.29 is 19.3 Å². The summed E-state index contributed by atoms with van der Waals surface area (Å²) in [5, 5.41) is 10.4. The first kappa shape index (κ1) is 13.8. The summed E-state index contributed by atoms with van der Waals surface area (Å²) in [7, 11) is 3.25. The van der Waals surface area contributed by atoms with E-state index in [1.807, 2.05) is 42.5 Å². The largest absolute Gasteiger partial charge is 0.497 e. The predicted octanol–water partition coefficient (Wildman–Crippen LogP) is 2.74. The summed E-state index contributed by atoms with van der Waals surface area (Å²) >= 11 is 0. The van der Waals surface area contributed by atoms with Gasteiger partial charge in [-0.3, -0.25) is 0 Å². The molecule has 2 unspecified atom stereocenters. The van der Waals surface area contributed by atoms with Crippen LogP contribution in [0.1, 0.15) is 17.2 Å². The fourth-order valence-corrected chi connectivity index (χ4v) is 2.63. The number of ether oxygens (including phenoxy) is 3. The molecule has 0 amide bonds. The molecule has 0 bridgehead atoms. The van der Waals surface area contributed by atoms with E-state index in [2.05, 4.69) is 0 Å². The lowest BCUT2D eigenvalue weighted by molar-refractivity contribution is 0.0493. The van der Waals surface area contributed by atoms with Crippen LogP contribution in [-0.4, -0.2) is 25.4 Å². The standard InChI is InChI=1S/C17H18O4/c1-19-12-5-7-13(8-6-12)21-16-9-11-3-4-14(20-2)10-15(11)17(16)18/h3-8,10,16-18H,9H2,1-2H3. The van der Waals surface area contributed by atoms with Crippen molar-refractivity contribution in [3.05, 3.63) is 53.6 Å². The number of aliphatic hydroxyl groups excluding tert-OH is 1. The van der Waals surface area contributed by atoms with Gasteiger partial charge in [-0.2, -0.15) is 0 Å². The minimum Gasteiger partial charge on any atom is -0.497 e. The first-order chi connectivity index (χ1) is 10.2. The van der Waals surface area contributed by atoms with E-state index >= 15 is 0 Å². The zero-order valence-electron chi connectivity index (χ0n) is 12.1. The minimum absolute atomic E-state index is 0.277. The first-order valence-electron chi connectivity index (χ1n) is 6.87. The molecular weight excluding hydrogens is 268 g/mol. The van der Waals surface area contributed by atoms with Crippen LogP contribution in [-0.2, 0) is 6.42 Å². The summed E-state index contributed by atoms with van der Waals surface area (Å²) in [5.41, 5.74) is 1.98. The van der Waals surface area contributed by atoms with Crippen LogP contribution in [0.3, 0.4) is 0 Å². The molecule has 3 rings (SSSR count). The highest BCUT2D eigenvalue weighted by atomic mass is 16.5. The topological polar surface area (TPSA) is 47.9 Å². The highest BCUT2D eigenvalue weighted by molar-refractivity contribution is 5.42. The van der Waals surface area contributed by atoms with Crippen molar-refractivity contribution in [3.8, 4) is 17.2 Å². The Bertz CT molecular complexity index is 621. The van der Waals surface area contributed by atoms with Gasteiger partial charge < -0.3 is 19.3 Å².